The lowest BCUT2D eigenvalue weighted by molar-refractivity contribution is 0.102. The van der Waals surface area contributed by atoms with Gasteiger partial charge in [0, 0.05) is 35.6 Å². The minimum atomic E-state index is -0.977. The van der Waals surface area contributed by atoms with Crippen molar-refractivity contribution >= 4 is 29.3 Å². The second-order valence-corrected chi connectivity index (χ2v) is 8.31. The van der Waals surface area contributed by atoms with Crippen LogP contribution >= 0.6 is 0 Å². The molecule has 0 aromatic heterocycles. The van der Waals surface area contributed by atoms with E-state index < -0.39 is 29.5 Å². The van der Waals surface area contributed by atoms with E-state index in [0.29, 0.717) is 37.3 Å². The smallest absolute Gasteiger partial charge is 0.407 e. The zero-order chi connectivity index (χ0) is 24.9. The van der Waals surface area contributed by atoms with Gasteiger partial charge in [-0.25, -0.2) is 13.6 Å². The molecule has 1 aliphatic heterocycles. The number of carbonyl (C=O) groups excluding carboxylic acids is 2. The summed E-state index contributed by atoms with van der Waals surface area (Å²) in [6.07, 6.45) is 0.123. The molecule has 0 saturated carbocycles. The topological polar surface area (TPSA) is 98.7 Å². The Bertz CT molecular complexity index is 1160. The van der Waals surface area contributed by atoms with Crippen molar-refractivity contribution in [3.8, 4) is 0 Å². The van der Waals surface area contributed by atoms with Crippen molar-refractivity contribution in [2.24, 2.45) is 0 Å². The maximum Gasteiger partial charge on any atom is 0.407 e. The van der Waals surface area contributed by atoms with Crippen molar-refractivity contribution in [3.05, 3.63) is 95.1 Å². The van der Waals surface area contributed by atoms with Crippen LogP contribution in [-0.4, -0.2) is 41.0 Å². The molecule has 0 unspecified atom stereocenters. The van der Waals surface area contributed by atoms with Gasteiger partial charge in [0.2, 0.25) is 0 Å². The van der Waals surface area contributed by atoms with E-state index >= 15 is 0 Å². The molecule has 1 aliphatic rings. The Labute approximate surface area is 200 Å². The molecule has 0 bridgehead atoms. The standard InChI is InChI=1S/C26H23F2N3O4/c27-20-1-5-22(6-2-20)29-24(32)18-13-17(16-9-11-31(12-10-16)26(34)35)14-19(15-18)25(33)30-23-7-3-21(28)4-8-23/h1-8,13-16H,9-12H2,(H,29,32)(H,30,33)(H,34,35). The van der Waals surface area contributed by atoms with Crippen molar-refractivity contribution in [1.29, 1.82) is 0 Å². The summed E-state index contributed by atoms with van der Waals surface area (Å²) in [5.74, 6) is -1.86. The molecule has 3 aromatic rings. The molecule has 3 aromatic carbocycles. The second kappa shape index (κ2) is 10.3. The number of carboxylic acid groups (broad SMARTS) is 1. The molecule has 0 spiro atoms. The van der Waals surface area contributed by atoms with Crippen molar-refractivity contribution < 1.29 is 28.3 Å². The summed E-state index contributed by atoms with van der Waals surface area (Å²) in [5.41, 5.74) is 2.00. The van der Waals surface area contributed by atoms with E-state index in [0.717, 1.165) is 5.56 Å². The van der Waals surface area contributed by atoms with Crippen LogP contribution in [0, 0.1) is 11.6 Å². The molecule has 3 N–H and O–H groups in total. The van der Waals surface area contributed by atoms with Crippen LogP contribution in [0.15, 0.2) is 66.7 Å². The maximum atomic E-state index is 13.2. The predicted molar refractivity (Wildman–Crippen MR) is 127 cm³/mol. The van der Waals surface area contributed by atoms with E-state index in [1.54, 1.807) is 12.1 Å². The van der Waals surface area contributed by atoms with Crippen LogP contribution in [0.25, 0.3) is 0 Å². The van der Waals surface area contributed by atoms with Gasteiger partial charge in [-0.3, -0.25) is 9.59 Å². The van der Waals surface area contributed by atoms with Crippen LogP contribution in [0.1, 0.15) is 45.0 Å². The molecular weight excluding hydrogens is 456 g/mol. The van der Waals surface area contributed by atoms with E-state index in [2.05, 4.69) is 10.6 Å². The molecule has 0 atom stereocenters. The first-order chi connectivity index (χ1) is 16.8. The molecule has 1 heterocycles. The highest BCUT2D eigenvalue weighted by molar-refractivity contribution is 6.09. The molecular formula is C26H23F2N3O4. The van der Waals surface area contributed by atoms with E-state index in [9.17, 15) is 28.3 Å². The number of amides is 3. The number of hydrogen-bond donors (Lipinski definition) is 3. The molecule has 9 heteroatoms. The minimum Gasteiger partial charge on any atom is -0.465 e. The molecule has 0 aliphatic carbocycles. The summed E-state index contributed by atoms with van der Waals surface area (Å²) < 4.78 is 26.4. The Morgan fingerprint density at radius 3 is 1.57 bits per heavy atom. The highest BCUT2D eigenvalue weighted by Gasteiger charge is 2.25. The van der Waals surface area contributed by atoms with Gasteiger partial charge in [-0.15, -0.1) is 0 Å². The van der Waals surface area contributed by atoms with Crippen molar-refractivity contribution in [2.75, 3.05) is 23.7 Å². The third-order valence-corrected chi connectivity index (χ3v) is 5.92. The third kappa shape index (κ3) is 6.00. The van der Waals surface area contributed by atoms with Gasteiger partial charge >= 0.3 is 6.09 Å². The summed E-state index contributed by atoms with van der Waals surface area (Å²) in [5, 5.41) is 14.6. The Morgan fingerprint density at radius 2 is 1.17 bits per heavy atom. The molecule has 4 rings (SSSR count). The summed E-state index contributed by atoms with van der Waals surface area (Å²) in [7, 11) is 0. The normalized spacial score (nSPS) is 13.8. The first-order valence-corrected chi connectivity index (χ1v) is 11.0. The average Bonchev–Trinajstić information content (AvgIpc) is 2.86. The summed E-state index contributed by atoms with van der Waals surface area (Å²) in [6.45, 7) is 0.701. The number of halogens is 2. The van der Waals surface area contributed by atoms with Gasteiger partial charge in [-0.1, -0.05) is 0 Å². The number of nitrogens with one attached hydrogen (secondary N) is 2. The second-order valence-electron chi connectivity index (χ2n) is 8.31. The molecule has 180 valence electrons. The number of hydrogen-bond acceptors (Lipinski definition) is 3. The number of carbonyl (C=O) groups is 3. The van der Waals surface area contributed by atoms with Crippen LogP contribution in [0.4, 0.5) is 25.0 Å². The van der Waals surface area contributed by atoms with Crippen molar-refractivity contribution in [3.63, 3.8) is 0 Å². The van der Waals surface area contributed by atoms with Crippen LogP contribution in [0.3, 0.4) is 0 Å². The maximum absolute atomic E-state index is 13.2. The summed E-state index contributed by atoms with van der Waals surface area (Å²) >= 11 is 0. The number of piperidine rings is 1. The van der Waals surface area contributed by atoms with Gasteiger partial charge < -0.3 is 20.6 Å². The van der Waals surface area contributed by atoms with Crippen LogP contribution in [-0.2, 0) is 0 Å². The van der Waals surface area contributed by atoms with Gasteiger partial charge in [0.25, 0.3) is 11.8 Å². The lowest BCUT2D eigenvalue weighted by Gasteiger charge is -2.30. The Morgan fingerprint density at radius 1 is 0.743 bits per heavy atom. The molecule has 7 nitrogen and oxygen atoms in total. The lowest BCUT2D eigenvalue weighted by Crippen LogP contribution is -2.36. The molecule has 3 amide bonds. The van der Waals surface area contributed by atoms with Gasteiger partial charge in [-0.05, 0) is 91.1 Å². The Hall–Kier alpha value is -4.27. The van der Waals surface area contributed by atoms with Gasteiger partial charge in [-0.2, -0.15) is 0 Å². The zero-order valence-corrected chi connectivity index (χ0v) is 18.6. The average molecular weight is 479 g/mol. The largest absolute Gasteiger partial charge is 0.465 e. The van der Waals surface area contributed by atoms with Crippen molar-refractivity contribution in [2.45, 2.75) is 18.8 Å². The van der Waals surface area contributed by atoms with Crippen LogP contribution in [0.5, 0.6) is 0 Å². The summed E-state index contributed by atoms with van der Waals surface area (Å²) in [6, 6.07) is 15.5. The fourth-order valence-corrected chi connectivity index (χ4v) is 4.03. The number of rotatable bonds is 5. The first-order valence-electron chi connectivity index (χ1n) is 11.0. The van der Waals surface area contributed by atoms with Crippen LogP contribution in [0.2, 0.25) is 0 Å². The predicted octanol–water partition coefficient (Wildman–Crippen LogP) is 5.33. The fourth-order valence-electron chi connectivity index (χ4n) is 4.03. The number of nitrogens with zero attached hydrogens (tertiary/aromatic N) is 1. The first kappa shape index (κ1) is 23.9. The van der Waals surface area contributed by atoms with Crippen molar-refractivity contribution in [1.82, 2.24) is 4.90 Å². The van der Waals surface area contributed by atoms with Crippen LogP contribution < -0.4 is 10.6 Å². The number of benzene rings is 3. The number of anilines is 2. The minimum absolute atomic E-state index is 0.0402. The zero-order valence-electron chi connectivity index (χ0n) is 18.6. The summed E-state index contributed by atoms with van der Waals surface area (Å²) in [4.78, 5) is 38.5. The third-order valence-electron chi connectivity index (χ3n) is 5.92. The van der Waals surface area contributed by atoms with Gasteiger partial charge in [0.1, 0.15) is 11.6 Å². The van der Waals surface area contributed by atoms with E-state index in [4.69, 9.17) is 0 Å². The molecule has 0 radical (unpaired) electrons. The van der Waals surface area contributed by atoms with Gasteiger partial charge in [0.05, 0.1) is 0 Å². The lowest BCUT2D eigenvalue weighted by atomic mass is 9.87. The molecule has 1 saturated heterocycles. The Kier molecular flexibility index (Phi) is 7.05. The number of likely N-dealkylation sites (tertiary alicyclic amines) is 1. The SMILES string of the molecule is O=C(Nc1ccc(F)cc1)c1cc(C(=O)Nc2ccc(F)cc2)cc(C2CCN(C(=O)O)CC2)c1. The Balaban J connectivity index is 1.61. The monoisotopic (exact) mass is 479 g/mol. The quantitative estimate of drug-likeness (QED) is 0.461. The highest BCUT2D eigenvalue weighted by Crippen LogP contribution is 2.30. The van der Waals surface area contributed by atoms with E-state index in [-0.39, 0.29) is 17.0 Å². The fraction of sp³-hybridized carbons (Fsp3) is 0.192. The molecule has 35 heavy (non-hydrogen) atoms. The molecule has 1 fully saturated rings. The van der Waals surface area contributed by atoms with E-state index in [1.807, 2.05) is 0 Å². The van der Waals surface area contributed by atoms with E-state index in [1.165, 1.54) is 59.5 Å². The highest BCUT2D eigenvalue weighted by atomic mass is 19.1. The van der Waals surface area contributed by atoms with Gasteiger partial charge in [0.15, 0.2) is 0 Å².